The lowest BCUT2D eigenvalue weighted by Crippen LogP contribution is -2.43. The van der Waals surface area contributed by atoms with Crippen LogP contribution in [-0.2, 0) is 4.79 Å². The molecule has 2 aliphatic rings. The van der Waals surface area contributed by atoms with E-state index in [2.05, 4.69) is 12.2 Å². The van der Waals surface area contributed by atoms with Crippen molar-refractivity contribution in [3.63, 3.8) is 0 Å². The van der Waals surface area contributed by atoms with Crippen LogP contribution >= 0.6 is 0 Å². The molecule has 1 heterocycles. The van der Waals surface area contributed by atoms with Crippen molar-refractivity contribution >= 4 is 5.91 Å². The number of hydrogen-bond acceptors (Lipinski definition) is 2. The zero-order valence-corrected chi connectivity index (χ0v) is 9.18. The normalized spacial score (nSPS) is 33.6. The average Bonchev–Trinajstić information content (AvgIpc) is 2.39. The van der Waals surface area contributed by atoms with Crippen LogP contribution in [0.15, 0.2) is 0 Å². The molecule has 1 saturated carbocycles. The van der Waals surface area contributed by atoms with Crippen LogP contribution in [0, 0.1) is 5.92 Å². The zero-order chi connectivity index (χ0) is 10.2. The summed E-state index contributed by atoms with van der Waals surface area (Å²) in [5.74, 6) is 1.08. The van der Waals surface area contributed by atoms with Gasteiger partial charge in [-0.2, -0.15) is 0 Å². The predicted octanol–water partition coefficient (Wildman–Crippen LogP) is 1.34. The highest BCUT2D eigenvalue weighted by Crippen LogP contribution is 2.29. The van der Waals surface area contributed by atoms with E-state index in [1.807, 2.05) is 11.8 Å². The SMILES string of the molecule is CCC1(C)NCN(CC2CCC2)C1=O. The molecule has 2 fully saturated rings. The van der Waals surface area contributed by atoms with Crippen LogP contribution in [-0.4, -0.2) is 29.6 Å². The second-order valence-corrected chi connectivity index (χ2v) is 4.85. The molecule has 1 saturated heterocycles. The second kappa shape index (κ2) is 3.54. The fourth-order valence-electron chi connectivity index (χ4n) is 2.18. The van der Waals surface area contributed by atoms with Crippen molar-refractivity contribution in [2.45, 2.75) is 45.1 Å². The van der Waals surface area contributed by atoms with E-state index in [-0.39, 0.29) is 5.54 Å². The minimum absolute atomic E-state index is 0.288. The molecule has 14 heavy (non-hydrogen) atoms. The molecule has 1 aliphatic carbocycles. The molecule has 80 valence electrons. The second-order valence-electron chi connectivity index (χ2n) is 4.85. The van der Waals surface area contributed by atoms with E-state index < -0.39 is 0 Å². The molecule has 0 radical (unpaired) electrons. The van der Waals surface area contributed by atoms with E-state index in [9.17, 15) is 4.79 Å². The van der Waals surface area contributed by atoms with Gasteiger partial charge in [-0.25, -0.2) is 0 Å². The number of nitrogens with zero attached hydrogens (tertiary/aromatic N) is 1. The lowest BCUT2D eigenvalue weighted by Gasteiger charge is -2.30. The van der Waals surface area contributed by atoms with E-state index in [1.165, 1.54) is 19.3 Å². The van der Waals surface area contributed by atoms with Crippen LogP contribution in [0.1, 0.15) is 39.5 Å². The Morgan fingerprint density at radius 2 is 2.29 bits per heavy atom. The molecule has 3 heteroatoms. The van der Waals surface area contributed by atoms with Gasteiger partial charge in [0.1, 0.15) is 0 Å². The van der Waals surface area contributed by atoms with Crippen LogP contribution in [0.3, 0.4) is 0 Å². The van der Waals surface area contributed by atoms with Crippen LogP contribution in [0.4, 0.5) is 0 Å². The summed E-state index contributed by atoms with van der Waals surface area (Å²) in [6.45, 7) is 5.80. The highest BCUT2D eigenvalue weighted by molar-refractivity contribution is 5.87. The van der Waals surface area contributed by atoms with Gasteiger partial charge in [0.15, 0.2) is 0 Å². The van der Waals surface area contributed by atoms with Crippen molar-refractivity contribution in [1.29, 1.82) is 0 Å². The Bertz CT molecular complexity index is 237. The summed E-state index contributed by atoms with van der Waals surface area (Å²) in [5.41, 5.74) is -0.288. The quantitative estimate of drug-likeness (QED) is 0.739. The molecule has 1 amide bonds. The number of amides is 1. The smallest absolute Gasteiger partial charge is 0.243 e. The highest BCUT2D eigenvalue weighted by atomic mass is 16.2. The first-order valence-electron chi connectivity index (χ1n) is 5.70. The monoisotopic (exact) mass is 196 g/mol. The summed E-state index contributed by atoms with van der Waals surface area (Å²) in [5, 5.41) is 3.31. The maximum Gasteiger partial charge on any atom is 0.243 e. The molecule has 0 bridgehead atoms. The average molecular weight is 196 g/mol. The number of carbonyl (C=O) groups excluding carboxylic acids is 1. The van der Waals surface area contributed by atoms with Gasteiger partial charge >= 0.3 is 0 Å². The van der Waals surface area contributed by atoms with E-state index in [1.54, 1.807) is 0 Å². The Morgan fingerprint density at radius 3 is 2.71 bits per heavy atom. The largest absolute Gasteiger partial charge is 0.328 e. The van der Waals surface area contributed by atoms with Gasteiger partial charge in [-0.1, -0.05) is 13.3 Å². The summed E-state index contributed by atoms with van der Waals surface area (Å²) in [6.07, 6.45) is 4.86. The fourth-order valence-corrected chi connectivity index (χ4v) is 2.18. The summed E-state index contributed by atoms with van der Waals surface area (Å²) in [6, 6.07) is 0. The first kappa shape index (κ1) is 9.97. The molecular weight excluding hydrogens is 176 g/mol. The Morgan fingerprint density at radius 1 is 1.57 bits per heavy atom. The van der Waals surface area contributed by atoms with Crippen molar-refractivity contribution in [1.82, 2.24) is 10.2 Å². The van der Waals surface area contributed by atoms with Crippen molar-refractivity contribution in [2.24, 2.45) is 5.92 Å². The van der Waals surface area contributed by atoms with Gasteiger partial charge in [0.25, 0.3) is 0 Å². The lowest BCUT2D eigenvalue weighted by atomic mass is 9.85. The van der Waals surface area contributed by atoms with E-state index in [0.29, 0.717) is 5.91 Å². The highest BCUT2D eigenvalue weighted by Gasteiger charge is 2.41. The Hall–Kier alpha value is -0.570. The first-order chi connectivity index (χ1) is 6.65. The molecule has 0 spiro atoms. The Balaban J connectivity index is 1.92. The standard InChI is InChI=1S/C11H20N2O/c1-3-11(2)10(14)13(8-12-11)7-9-5-4-6-9/h9,12H,3-8H2,1-2H3. The van der Waals surface area contributed by atoms with Gasteiger partial charge in [-0.15, -0.1) is 0 Å². The van der Waals surface area contributed by atoms with Gasteiger partial charge < -0.3 is 4.90 Å². The van der Waals surface area contributed by atoms with Crippen molar-refractivity contribution in [2.75, 3.05) is 13.2 Å². The van der Waals surface area contributed by atoms with E-state index >= 15 is 0 Å². The molecule has 1 unspecified atom stereocenters. The number of carbonyl (C=O) groups is 1. The number of rotatable bonds is 3. The van der Waals surface area contributed by atoms with Crippen LogP contribution in [0.2, 0.25) is 0 Å². The third kappa shape index (κ3) is 1.54. The van der Waals surface area contributed by atoms with Gasteiger partial charge in [-0.05, 0) is 32.1 Å². The van der Waals surface area contributed by atoms with Gasteiger partial charge in [0, 0.05) is 6.54 Å². The topological polar surface area (TPSA) is 32.3 Å². The fraction of sp³-hybridized carbons (Fsp3) is 0.909. The zero-order valence-electron chi connectivity index (χ0n) is 9.18. The van der Waals surface area contributed by atoms with E-state index in [4.69, 9.17) is 0 Å². The van der Waals surface area contributed by atoms with Gasteiger partial charge in [0.2, 0.25) is 5.91 Å². The van der Waals surface area contributed by atoms with Crippen LogP contribution < -0.4 is 5.32 Å². The third-order valence-corrected chi connectivity index (χ3v) is 3.83. The van der Waals surface area contributed by atoms with Gasteiger partial charge in [0.05, 0.1) is 12.2 Å². The molecule has 0 aromatic rings. The van der Waals surface area contributed by atoms with Crippen molar-refractivity contribution in [3.05, 3.63) is 0 Å². The minimum atomic E-state index is -0.288. The molecule has 1 N–H and O–H groups in total. The maximum atomic E-state index is 12.0. The molecule has 3 nitrogen and oxygen atoms in total. The Kier molecular flexibility index (Phi) is 2.52. The van der Waals surface area contributed by atoms with E-state index in [0.717, 1.165) is 25.6 Å². The minimum Gasteiger partial charge on any atom is -0.328 e. The van der Waals surface area contributed by atoms with Crippen LogP contribution in [0.25, 0.3) is 0 Å². The maximum absolute atomic E-state index is 12.0. The van der Waals surface area contributed by atoms with Gasteiger partial charge in [-0.3, -0.25) is 10.1 Å². The molecule has 2 rings (SSSR count). The number of nitrogens with one attached hydrogen (secondary N) is 1. The first-order valence-corrected chi connectivity index (χ1v) is 5.70. The lowest BCUT2D eigenvalue weighted by molar-refractivity contribution is -0.132. The summed E-state index contributed by atoms with van der Waals surface area (Å²) in [7, 11) is 0. The van der Waals surface area contributed by atoms with Crippen LogP contribution in [0.5, 0.6) is 0 Å². The van der Waals surface area contributed by atoms with Crippen molar-refractivity contribution < 1.29 is 4.79 Å². The molecule has 0 aromatic heterocycles. The number of hydrogen-bond donors (Lipinski definition) is 1. The summed E-state index contributed by atoms with van der Waals surface area (Å²) >= 11 is 0. The summed E-state index contributed by atoms with van der Waals surface area (Å²) < 4.78 is 0. The third-order valence-electron chi connectivity index (χ3n) is 3.83. The molecule has 1 aliphatic heterocycles. The molecule has 1 atom stereocenters. The molecule has 0 aromatic carbocycles. The predicted molar refractivity (Wildman–Crippen MR) is 55.8 cm³/mol. The molecular formula is C11H20N2O. The Labute approximate surface area is 85.8 Å². The van der Waals surface area contributed by atoms with Crippen molar-refractivity contribution in [3.8, 4) is 0 Å². The summed E-state index contributed by atoms with van der Waals surface area (Å²) in [4.78, 5) is 14.0.